The first kappa shape index (κ1) is 12.3. The maximum Gasteiger partial charge on any atom is -0.0202 e. The number of rotatable bonds is 5. The van der Waals surface area contributed by atoms with Gasteiger partial charge >= 0.3 is 0 Å². The molecule has 0 amide bonds. The maximum absolute atomic E-state index is 3.24. The molecule has 0 fully saturated rings. The van der Waals surface area contributed by atoms with Crippen LogP contribution < -0.4 is 0 Å². The lowest BCUT2D eigenvalue weighted by molar-refractivity contribution is 0.580. The van der Waals surface area contributed by atoms with E-state index in [0.29, 0.717) is 0 Å². The molecule has 0 radical (unpaired) electrons. The topological polar surface area (TPSA) is 0 Å². The predicted molar refractivity (Wildman–Crippen MR) is 59.8 cm³/mol. The molecule has 0 nitrogen and oxygen atoms in total. The summed E-state index contributed by atoms with van der Waals surface area (Å²) in [6.07, 6.45) is 6.64. The van der Waals surface area contributed by atoms with Crippen molar-refractivity contribution >= 4 is 0 Å². The van der Waals surface area contributed by atoms with Crippen molar-refractivity contribution in [2.45, 2.75) is 53.4 Å². The number of hydrogen-bond acceptors (Lipinski definition) is 0. The molecule has 0 aliphatic rings. The van der Waals surface area contributed by atoms with E-state index in [-0.39, 0.29) is 0 Å². The molecule has 0 aromatic heterocycles. The van der Waals surface area contributed by atoms with Crippen molar-refractivity contribution < 1.29 is 0 Å². The van der Waals surface area contributed by atoms with E-state index in [1.807, 2.05) is 6.08 Å². The molecule has 0 aliphatic heterocycles. The minimum Gasteiger partial charge on any atom is -0.0747 e. The van der Waals surface area contributed by atoms with E-state index in [4.69, 9.17) is 0 Å². The molecule has 0 saturated heterocycles. The highest BCUT2D eigenvalue weighted by atomic mass is 14.0. The van der Waals surface area contributed by atoms with Gasteiger partial charge in [-0.05, 0) is 43.3 Å². The summed E-state index contributed by atoms with van der Waals surface area (Å²) in [5.74, 6) is 0.790. The van der Waals surface area contributed by atoms with Gasteiger partial charge in [0.05, 0.1) is 0 Å². The average molecular weight is 178 g/mol. The van der Waals surface area contributed by atoms with Crippen LogP contribution in [0.5, 0.6) is 0 Å². The van der Waals surface area contributed by atoms with Crippen LogP contribution in [-0.4, -0.2) is 0 Å². The third-order valence-electron chi connectivity index (χ3n) is 2.01. The maximum atomic E-state index is 3.24. The first-order chi connectivity index (χ1) is 6.20. The van der Waals surface area contributed by atoms with Crippen molar-refractivity contribution in [2.24, 2.45) is 5.92 Å². The molecule has 74 valence electrons. The minimum absolute atomic E-state index is 0.790. The molecular formula is C13H22. The zero-order valence-corrected chi connectivity index (χ0v) is 9.48. The quantitative estimate of drug-likeness (QED) is 0.544. The van der Waals surface area contributed by atoms with E-state index in [1.165, 1.54) is 18.4 Å². The fourth-order valence-electron chi connectivity index (χ4n) is 1.05. The second-order valence-electron chi connectivity index (χ2n) is 3.77. The van der Waals surface area contributed by atoms with Crippen LogP contribution in [0.2, 0.25) is 0 Å². The highest BCUT2D eigenvalue weighted by Crippen LogP contribution is 2.12. The lowest BCUT2D eigenvalue weighted by Crippen LogP contribution is -1.88. The SMILES string of the molecule is CCC=C=C=C(CC)CCC(C)C. The van der Waals surface area contributed by atoms with Crippen molar-refractivity contribution in [3.8, 4) is 0 Å². The first-order valence-electron chi connectivity index (χ1n) is 5.38. The van der Waals surface area contributed by atoms with Gasteiger partial charge in [-0.1, -0.05) is 39.2 Å². The first-order valence-corrected chi connectivity index (χ1v) is 5.38. The minimum atomic E-state index is 0.790. The van der Waals surface area contributed by atoms with Crippen LogP contribution >= 0.6 is 0 Å². The zero-order chi connectivity index (χ0) is 10.1. The summed E-state index contributed by atoms with van der Waals surface area (Å²) in [4.78, 5) is 0. The Kier molecular flexibility index (Phi) is 7.50. The number of hydrogen-bond donors (Lipinski definition) is 0. The summed E-state index contributed by atoms with van der Waals surface area (Å²) in [6, 6.07) is 0. The number of allylic oxidation sites excluding steroid dienone is 2. The Morgan fingerprint density at radius 2 is 2.00 bits per heavy atom. The highest BCUT2D eigenvalue weighted by molar-refractivity contribution is 5.01. The summed E-state index contributed by atoms with van der Waals surface area (Å²) >= 11 is 0. The van der Waals surface area contributed by atoms with Crippen LogP contribution in [0, 0.1) is 5.92 Å². The Labute approximate surface area is 83.0 Å². The van der Waals surface area contributed by atoms with E-state index in [2.05, 4.69) is 39.2 Å². The third kappa shape index (κ3) is 7.65. The zero-order valence-electron chi connectivity index (χ0n) is 9.48. The Morgan fingerprint density at radius 1 is 1.31 bits per heavy atom. The van der Waals surface area contributed by atoms with Crippen molar-refractivity contribution in [3.63, 3.8) is 0 Å². The van der Waals surface area contributed by atoms with E-state index >= 15 is 0 Å². The van der Waals surface area contributed by atoms with Gasteiger partial charge in [0.25, 0.3) is 0 Å². The summed E-state index contributed by atoms with van der Waals surface area (Å²) in [6.45, 7) is 8.84. The van der Waals surface area contributed by atoms with Crippen LogP contribution in [0.4, 0.5) is 0 Å². The van der Waals surface area contributed by atoms with Crippen LogP contribution in [0.25, 0.3) is 0 Å². The lowest BCUT2D eigenvalue weighted by atomic mass is 10.0. The highest BCUT2D eigenvalue weighted by Gasteiger charge is 1.96. The van der Waals surface area contributed by atoms with Crippen LogP contribution in [0.1, 0.15) is 53.4 Å². The largest absolute Gasteiger partial charge is 0.0747 e. The Balaban J connectivity index is 4.17. The lowest BCUT2D eigenvalue weighted by Gasteiger charge is -2.03. The monoisotopic (exact) mass is 178 g/mol. The van der Waals surface area contributed by atoms with E-state index < -0.39 is 0 Å². The smallest absolute Gasteiger partial charge is 0.0202 e. The normalized spacial score (nSPS) is 9.31. The summed E-state index contributed by atoms with van der Waals surface area (Å²) in [5, 5.41) is 0. The predicted octanol–water partition coefficient (Wildman–Crippen LogP) is 4.48. The molecule has 0 N–H and O–H groups in total. The van der Waals surface area contributed by atoms with Gasteiger partial charge in [0, 0.05) is 0 Å². The van der Waals surface area contributed by atoms with Crippen LogP contribution in [0.3, 0.4) is 0 Å². The molecule has 0 rings (SSSR count). The van der Waals surface area contributed by atoms with Gasteiger partial charge in [-0.25, -0.2) is 0 Å². The van der Waals surface area contributed by atoms with Crippen LogP contribution in [0.15, 0.2) is 23.1 Å². The third-order valence-corrected chi connectivity index (χ3v) is 2.01. The molecule has 13 heavy (non-hydrogen) atoms. The summed E-state index contributed by atoms with van der Waals surface area (Å²) in [5.41, 5.74) is 7.74. The van der Waals surface area contributed by atoms with E-state index in [0.717, 1.165) is 18.8 Å². The fourth-order valence-corrected chi connectivity index (χ4v) is 1.05. The van der Waals surface area contributed by atoms with Crippen molar-refractivity contribution in [2.75, 3.05) is 0 Å². The molecule has 0 aromatic rings. The van der Waals surface area contributed by atoms with Gasteiger partial charge in [0.1, 0.15) is 0 Å². The standard InChI is InChI=1S/C13H22/c1-5-7-8-9-13(6-2)11-10-12(3)4/h7,12H,5-6,10-11H2,1-4H3. The molecule has 0 unspecified atom stereocenters. The Bertz CT molecular complexity index is 208. The molecule has 0 atom stereocenters. The second kappa shape index (κ2) is 7.92. The van der Waals surface area contributed by atoms with Gasteiger partial charge in [0.2, 0.25) is 0 Å². The average Bonchev–Trinajstić information content (AvgIpc) is 2.10. The molecule has 0 spiro atoms. The van der Waals surface area contributed by atoms with E-state index in [9.17, 15) is 0 Å². The molecule has 0 heterocycles. The van der Waals surface area contributed by atoms with Gasteiger partial charge in [-0.3, -0.25) is 0 Å². The van der Waals surface area contributed by atoms with E-state index in [1.54, 1.807) is 0 Å². The molecule has 0 aromatic carbocycles. The second-order valence-corrected chi connectivity index (χ2v) is 3.77. The summed E-state index contributed by atoms with van der Waals surface area (Å²) < 4.78 is 0. The summed E-state index contributed by atoms with van der Waals surface area (Å²) in [7, 11) is 0. The Hall–Kier alpha value is -0.700. The van der Waals surface area contributed by atoms with Crippen LogP contribution in [-0.2, 0) is 0 Å². The van der Waals surface area contributed by atoms with Gasteiger partial charge in [-0.2, -0.15) is 0 Å². The molecular weight excluding hydrogens is 156 g/mol. The van der Waals surface area contributed by atoms with Crippen molar-refractivity contribution in [1.29, 1.82) is 0 Å². The van der Waals surface area contributed by atoms with Gasteiger partial charge < -0.3 is 0 Å². The fraction of sp³-hybridized carbons (Fsp3) is 0.692. The van der Waals surface area contributed by atoms with Gasteiger partial charge in [0.15, 0.2) is 0 Å². The van der Waals surface area contributed by atoms with Crippen molar-refractivity contribution in [1.82, 2.24) is 0 Å². The Morgan fingerprint density at radius 3 is 2.46 bits per heavy atom. The van der Waals surface area contributed by atoms with Crippen molar-refractivity contribution in [3.05, 3.63) is 23.1 Å². The molecule has 0 bridgehead atoms. The molecule has 0 aliphatic carbocycles. The molecule has 0 heteroatoms. The molecule has 0 saturated carbocycles. The van der Waals surface area contributed by atoms with Gasteiger partial charge in [-0.15, -0.1) is 0 Å².